The highest BCUT2D eigenvalue weighted by atomic mass is 19.1. The maximum Gasteiger partial charge on any atom is 0.212 e. The number of nitriles is 1. The number of hydrogen-bond acceptors (Lipinski definition) is 4. The van der Waals surface area contributed by atoms with Gasteiger partial charge in [0.1, 0.15) is 11.6 Å². The van der Waals surface area contributed by atoms with Crippen molar-refractivity contribution in [3.63, 3.8) is 0 Å². The van der Waals surface area contributed by atoms with Crippen LogP contribution in [0.25, 0.3) is 0 Å². The fraction of sp³-hybridized carbons (Fsp3) is 0.200. The molecule has 2 rings (SSSR count). The third-order valence-electron chi connectivity index (χ3n) is 2.91. The molecule has 0 aliphatic carbocycles. The van der Waals surface area contributed by atoms with Gasteiger partial charge in [-0.1, -0.05) is 6.07 Å². The summed E-state index contributed by atoms with van der Waals surface area (Å²) in [6.45, 7) is 0.436. The van der Waals surface area contributed by atoms with E-state index in [-0.39, 0.29) is 17.7 Å². The summed E-state index contributed by atoms with van der Waals surface area (Å²) in [6, 6.07) is 7.27. The van der Waals surface area contributed by atoms with Gasteiger partial charge in [0.2, 0.25) is 5.88 Å². The van der Waals surface area contributed by atoms with Gasteiger partial charge in [-0.3, -0.25) is 0 Å². The third kappa shape index (κ3) is 3.74. The van der Waals surface area contributed by atoms with E-state index in [9.17, 15) is 8.78 Å². The summed E-state index contributed by atoms with van der Waals surface area (Å²) in [7, 11) is 1.52. The van der Waals surface area contributed by atoms with E-state index in [4.69, 9.17) is 10.00 Å². The monoisotopic (exact) mass is 289 g/mol. The molecule has 2 aromatic rings. The van der Waals surface area contributed by atoms with E-state index < -0.39 is 11.6 Å². The van der Waals surface area contributed by atoms with Crippen molar-refractivity contribution >= 4 is 0 Å². The fourth-order valence-corrected chi connectivity index (χ4v) is 1.80. The topological polar surface area (TPSA) is 57.9 Å². The van der Waals surface area contributed by atoms with Crippen molar-refractivity contribution < 1.29 is 13.5 Å². The zero-order valence-corrected chi connectivity index (χ0v) is 11.4. The van der Waals surface area contributed by atoms with Crippen LogP contribution in [0.4, 0.5) is 8.78 Å². The van der Waals surface area contributed by atoms with E-state index in [1.165, 1.54) is 7.11 Å². The van der Waals surface area contributed by atoms with Crippen LogP contribution in [0.1, 0.15) is 16.7 Å². The van der Waals surface area contributed by atoms with E-state index in [0.29, 0.717) is 12.4 Å². The van der Waals surface area contributed by atoms with Crippen LogP contribution in [0.3, 0.4) is 0 Å². The minimum Gasteiger partial charge on any atom is -0.481 e. The molecular weight excluding hydrogens is 276 g/mol. The van der Waals surface area contributed by atoms with Crippen LogP contribution in [-0.4, -0.2) is 12.1 Å². The minimum absolute atomic E-state index is 0.0232. The van der Waals surface area contributed by atoms with Gasteiger partial charge in [0.15, 0.2) is 0 Å². The highest BCUT2D eigenvalue weighted by Gasteiger charge is 2.10. The minimum atomic E-state index is -0.730. The Morgan fingerprint density at radius 2 is 1.95 bits per heavy atom. The summed E-state index contributed by atoms with van der Waals surface area (Å²) < 4.78 is 32.3. The lowest BCUT2D eigenvalue weighted by atomic mass is 10.1. The molecule has 0 saturated carbocycles. The first kappa shape index (κ1) is 14.9. The molecule has 0 aliphatic heterocycles. The summed E-state index contributed by atoms with van der Waals surface area (Å²) in [4.78, 5) is 4.03. The predicted octanol–water partition coefficient (Wildman–Crippen LogP) is 2.53. The van der Waals surface area contributed by atoms with Crippen molar-refractivity contribution in [2.75, 3.05) is 7.11 Å². The second-order valence-corrected chi connectivity index (χ2v) is 4.34. The van der Waals surface area contributed by atoms with Crippen LogP contribution in [0, 0.1) is 23.0 Å². The molecule has 0 amide bonds. The standard InChI is InChI=1S/C15H13F2N3O/c1-21-15-3-2-10(8-20-15)7-19-9-12-13(16)4-11(6-18)5-14(12)17/h2-5,8,19H,7,9H2,1H3. The summed E-state index contributed by atoms with van der Waals surface area (Å²) >= 11 is 0. The second kappa shape index (κ2) is 6.77. The number of rotatable bonds is 5. The number of methoxy groups -OCH3 is 1. The molecule has 1 aromatic heterocycles. The van der Waals surface area contributed by atoms with Crippen molar-refractivity contribution in [3.8, 4) is 11.9 Å². The fourth-order valence-electron chi connectivity index (χ4n) is 1.80. The smallest absolute Gasteiger partial charge is 0.212 e. The molecule has 0 spiro atoms. The van der Waals surface area contributed by atoms with Crippen molar-refractivity contribution in [1.82, 2.24) is 10.3 Å². The Labute approximate surface area is 121 Å². The molecule has 0 aliphatic rings. The van der Waals surface area contributed by atoms with Crippen molar-refractivity contribution in [1.29, 1.82) is 5.26 Å². The normalized spacial score (nSPS) is 10.2. The Balaban J connectivity index is 1.98. The summed E-state index contributed by atoms with van der Waals surface area (Å²) in [5.41, 5.74) is 0.744. The van der Waals surface area contributed by atoms with Crippen molar-refractivity contribution in [2.24, 2.45) is 0 Å². The van der Waals surface area contributed by atoms with Crippen LogP contribution < -0.4 is 10.1 Å². The van der Waals surface area contributed by atoms with Crippen molar-refractivity contribution in [3.05, 3.63) is 58.8 Å². The van der Waals surface area contributed by atoms with Gasteiger partial charge in [-0.25, -0.2) is 13.8 Å². The van der Waals surface area contributed by atoms with E-state index >= 15 is 0 Å². The number of nitrogens with zero attached hydrogens (tertiary/aromatic N) is 2. The maximum absolute atomic E-state index is 13.7. The molecule has 21 heavy (non-hydrogen) atoms. The molecule has 6 heteroatoms. The van der Waals surface area contributed by atoms with Gasteiger partial charge in [0.05, 0.1) is 18.7 Å². The Morgan fingerprint density at radius 3 is 2.48 bits per heavy atom. The van der Waals surface area contributed by atoms with E-state index in [2.05, 4.69) is 10.3 Å². The van der Waals surface area contributed by atoms with Crippen LogP contribution in [0.5, 0.6) is 5.88 Å². The number of benzene rings is 1. The van der Waals surface area contributed by atoms with Gasteiger partial charge >= 0.3 is 0 Å². The Bertz CT molecular complexity index is 643. The number of ether oxygens (including phenoxy) is 1. The van der Waals surface area contributed by atoms with Crippen molar-refractivity contribution in [2.45, 2.75) is 13.1 Å². The van der Waals surface area contributed by atoms with Gasteiger partial charge in [-0.15, -0.1) is 0 Å². The molecule has 108 valence electrons. The Morgan fingerprint density at radius 1 is 1.24 bits per heavy atom. The second-order valence-electron chi connectivity index (χ2n) is 4.34. The van der Waals surface area contributed by atoms with Gasteiger partial charge in [0, 0.05) is 30.9 Å². The molecular formula is C15H13F2N3O. The summed E-state index contributed by atoms with van der Waals surface area (Å²) in [5.74, 6) is -0.957. The van der Waals surface area contributed by atoms with Crippen LogP contribution in [-0.2, 0) is 13.1 Å². The number of nitrogens with one attached hydrogen (secondary N) is 1. The number of pyridine rings is 1. The predicted molar refractivity (Wildman–Crippen MR) is 72.4 cm³/mol. The molecule has 1 N–H and O–H groups in total. The van der Waals surface area contributed by atoms with Crippen LogP contribution >= 0.6 is 0 Å². The molecule has 0 unspecified atom stereocenters. The highest BCUT2D eigenvalue weighted by molar-refractivity contribution is 5.34. The van der Waals surface area contributed by atoms with E-state index in [1.54, 1.807) is 18.3 Å². The molecule has 0 radical (unpaired) electrons. The Kier molecular flexibility index (Phi) is 4.80. The largest absolute Gasteiger partial charge is 0.481 e. The highest BCUT2D eigenvalue weighted by Crippen LogP contribution is 2.15. The van der Waals surface area contributed by atoms with Gasteiger partial charge < -0.3 is 10.1 Å². The number of aromatic nitrogens is 1. The summed E-state index contributed by atoms with van der Waals surface area (Å²) in [6.07, 6.45) is 1.62. The lowest BCUT2D eigenvalue weighted by Gasteiger charge is -2.08. The molecule has 0 fully saturated rings. The van der Waals surface area contributed by atoms with Gasteiger partial charge in [-0.05, 0) is 17.7 Å². The lowest BCUT2D eigenvalue weighted by Crippen LogP contribution is -2.15. The molecule has 0 saturated heterocycles. The zero-order valence-electron chi connectivity index (χ0n) is 11.4. The first-order chi connectivity index (χ1) is 10.1. The number of hydrogen-bond donors (Lipinski definition) is 1. The van der Waals surface area contributed by atoms with Gasteiger partial charge in [-0.2, -0.15) is 5.26 Å². The SMILES string of the molecule is COc1ccc(CNCc2c(F)cc(C#N)cc2F)cn1. The first-order valence-electron chi connectivity index (χ1n) is 6.21. The zero-order chi connectivity index (χ0) is 15.2. The molecule has 0 atom stereocenters. The molecule has 1 heterocycles. The lowest BCUT2D eigenvalue weighted by molar-refractivity contribution is 0.397. The average molecular weight is 289 g/mol. The van der Waals surface area contributed by atoms with E-state index in [1.807, 2.05) is 6.07 Å². The quantitative estimate of drug-likeness (QED) is 0.919. The molecule has 1 aromatic carbocycles. The Hall–Kier alpha value is -2.52. The number of halogens is 2. The first-order valence-corrected chi connectivity index (χ1v) is 6.21. The van der Waals surface area contributed by atoms with Crippen LogP contribution in [0.15, 0.2) is 30.5 Å². The van der Waals surface area contributed by atoms with Gasteiger partial charge in [0.25, 0.3) is 0 Å². The molecule has 0 bridgehead atoms. The third-order valence-corrected chi connectivity index (χ3v) is 2.91. The van der Waals surface area contributed by atoms with Crippen LogP contribution in [0.2, 0.25) is 0 Å². The average Bonchev–Trinajstić information content (AvgIpc) is 2.50. The van der Waals surface area contributed by atoms with E-state index in [0.717, 1.165) is 17.7 Å². The maximum atomic E-state index is 13.7. The summed E-state index contributed by atoms with van der Waals surface area (Å²) in [5, 5.41) is 11.6. The molecule has 4 nitrogen and oxygen atoms in total.